The highest BCUT2D eigenvalue weighted by molar-refractivity contribution is 5.75. The second-order valence-corrected chi connectivity index (χ2v) is 4.61. The molecular formula is C12H26N2O5. The van der Waals surface area contributed by atoms with E-state index in [0.717, 1.165) is 19.4 Å². The number of rotatable bonds is 11. The second kappa shape index (κ2) is 11.1. The van der Waals surface area contributed by atoms with Crippen molar-refractivity contribution in [2.45, 2.75) is 44.4 Å². The molecule has 0 aromatic heterocycles. The van der Waals surface area contributed by atoms with Crippen molar-refractivity contribution in [1.82, 2.24) is 5.32 Å². The van der Waals surface area contributed by atoms with E-state index in [-0.39, 0.29) is 19.3 Å². The summed E-state index contributed by atoms with van der Waals surface area (Å²) in [6.45, 7) is 2.05. The smallest absolute Gasteiger partial charge is 0.322 e. The summed E-state index contributed by atoms with van der Waals surface area (Å²) in [6.07, 6.45) is 1.07. The average molecular weight is 278 g/mol. The minimum atomic E-state index is -1.06. The Morgan fingerprint density at radius 2 is 2.00 bits per heavy atom. The van der Waals surface area contributed by atoms with Crippen LogP contribution in [0, 0.1) is 0 Å². The molecule has 0 aromatic carbocycles. The van der Waals surface area contributed by atoms with Crippen molar-refractivity contribution in [1.29, 1.82) is 0 Å². The van der Waals surface area contributed by atoms with Crippen LogP contribution in [0.15, 0.2) is 0 Å². The molecule has 0 saturated heterocycles. The van der Waals surface area contributed by atoms with Crippen molar-refractivity contribution in [3.8, 4) is 0 Å². The summed E-state index contributed by atoms with van der Waals surface area (Å²) in [5.74, 6) is -0.566. The summed E-state index contributed by atoms with van der Waals surface area (Å²) in [4.78, 5) is 11.4. The van der Waals surface area contributed by atoms with Gasteiger partial charge in [0.15, 0.2) is 0 Å². The Hall–Kier alpha value is -0.730. The average Bonchev–Trinajstić information content (AvgIpc) is 2.43. The molecule has 2 unspecified atom stereocenters. The van der Waals surface area contributed by atoms with Crippen LogP contribution in [0.2, 0.25) is 0 Å². The topological polar surface area (TPSA) is 125 Å². The highest BCUT2D eigenvalue weighted by atomic mass is 16.5. The lowest BCUT2D eigenvalue weighted by atomic mass is 10.1. The molecule has 7 heteroatoms. The fourth-order valence-corrected chi connectivity index (χ4v) is 1.36. The Labute approximate surface area is 113 Å². The highest BCUT2D eigenvalue weighted by Crippen LogP contribution is 2.01. The summed E-state index contributed by atoms with van der Waals surface area (Å²) in [6, 6.07) is -0.639. The lowest BCUT2D eigenvalue weighted by Crippen LogP contribution is -2.35. The lowest BCUT2D eigenvalue weighted by molar-refractivity contribution is -0.149. The molecule has 0 aliphatic rings. The van der Waals surface area contributed by atoms with Gasteiger partial charge in [0.1, 0.15) is 18.8 Å². The van der Waals surface area contributed by atoms with E-state index >= 15 is 0 Å². The molecule has 0 amide bonds. The molecule has 0 heterocycles. The highest BCUT2D eigenvalue weighted by Gasteiger charge is 2.16. The first-order chi connectivity index (χ1) is 9.01. The van der Waals surface area contributed by atoms with E-state index in [9.17, 15) is 4.79 Å². The first-order valence-electron chi connectivity index (χ1n) is 6.56. The first kappa shape index (κ1) is 18.3. The van der Waals surface area contributed by atoms with Gasteiger partial charge in [-0.15, -0.1) is 0 Å². The van der Waals surface area contributed by atoms with Crippen LogP contribution in [0.4, 0.5) is 0 Å². The zero-order valence-electron chi connectivity index (χ0n) is 11.4. The number of ether oxygens (including phenoxy) is 1. The fourth-order valence-electron chi connectivity index (χ4n) is 1.36. The van der Waals surface area contributed by atoms with Crippen LogP contribution >= 0.6 is 0 Å². The van der Waals surface area contributed by atoms with Crippen LogP contribution in [-0.2, 0) is 9.53 Å². The predicted octanol–water partition coefficient (Wildman–Crippen LogP) is -1.65. The maximum Gasteiger partial charge on any atom is 0.322 e. The van der Waals surface area contributed by atoms with Crippen LogP contribution in [-0.4, -0.2) is 65.8 Å². The number of aliphatic hydroxyl groups is 3. The van der Waals surface area contributed by atoms with Crippen LogP contribution in [0.3, 0.4) is 0 Å². The van der Waals surface area contributed by atoms with Crippen LogP contribution in [0.5, 0.6) is 0 Å². The lowest BCUT2D eigenvalue weighted by Gasteiger charge is -2.14. The molecular weight excluding hydrogens is 252 g/mol. The molecule has 0 fully saturated rings. The summed E-state index contributed by atoms with van der Waals surface area (Å²) < 4.78 is 4.75. The number of nitrogens with two attached hydrogens (primary N) is 1. The Balaban J connectivity index is 3.57. The number of hydrogen-bond donors (Lipinski definition) is 5. The molecule has 7 nitrogen and oxygen atoms in total. The zero-order chi connectivity index (χ0) is 14.7. The molecule has 0 radical (unpaired) electrons. The van der Waals surface area contributed by atoms with Gasteiger partial charge in [-0.3, -0.25) is 4.79 Å². The zero-order valence-corrected chi connectivity index (χ0v) is 11.4. The van der Waals surface area contributed by atoms with Crippen molar-refractivity contribution in [3.05, 3.63) is 0 Å². The van der Waals surface area contributed by atoms with E-state index in [0.29, 0.717) is 6.42 Å². The van der Waals surface area contributed by atoms with Crippen molar-refractivity contribution < 1.29 is 24.9 Å². The summed E-state index contributed by atoms with van der Waals surface area (Å²) in [7, 11) is 0. The van der Waals surface area contributed by atoms with E-state index in [1.54, 1.807) is 0 Å². The SMILES string of the molecule is CC(CO)NCCCC[C@H](N)C(=O)OCC(O)CO. The van der Waals surface area contributed by atoms with E-state index in [2.05, 4.69) is 5.32 Å². The van der Waals surface area contributed by atoms with Gasteiger partial charge < -0.3 is 31.1 Å². The Kier molecular flexibility index (Phi) is 10.7. The second-order valence-electron chi connectivity index (χ2n) is 4.61. The molecule has 114 valence electrons. The number of hydrogen-bond acceptors (Lipinski definition) is 7. The van der Waals surface area contributed by atoms with Crippen molar-refractivity contribution in [2.24, 2.45) is 5.73 Å². The molecule has 6 N–H and O–H groups in total. The Morgan fingerprint density at radius 1 is 1.32 bits per heavy atom. The number of nitrogens with one attached hydrogen (secondary N) is 1. The number of aliphatic hydroxyl groups excluding tert-OH is 3. The predicted molar refractivity (Wildman–Crippen MR) is 70.4 cm³/mol. The molecule has 0 aliphatic carbocycles. The standard InChI is InChI=1S/C12H26N2O5/c1-9(6-15)14-5-3-2-4-11(13)12(18)19-8-10(17)7-16/h9-11,14-17H,2-8,13H2,1H3/t9?,10?,11-/m0/s1. The van der Waals surface area contributed by atoms with Crippen LogP contribution in [0.1, 0.15) is 26.2 Å². The first-order valence-corrected chi connectivity index (χ1v) is 6.56. The minimum Gasteiger partial charge on any atom is -0.462 e. The number of unbranched alkanes of at least 4 members (excludes halogenated alkanes) is 1. The van der Waals surface area contributed by atoms with Gasteiger partial charge in [0.25, 0.3) is 0 Å². The van der Waals surface area contributed by atoms with E-state index < -0.39 is 24.7 Å². The van der Waals surface area contributed by atoms with Gasteiger partial charge in [-0.25, -0.2) is 0 Å². The largest absolute Gasteiger partial charge is 0.462 e. The molecule has 0 aliphatic heterocycles. The Bertz CT molecular complexity index is 240. The third-order valence-corrected chi connectivity index (χ3v) is 2.64. The monoisotopic (exact) mass is 278 g/mol. The molecule has 3 atom stereocenters. The summed E-state index contributed by atoms with van der Waals surface area (Å²) >= 11 is 0. The van der Waals surface area contributed by atoms with Crippen molar-refractivity contribution in [3.63, 3.8) is 0 Å². The number of carbonyl (C=O) groups excluding carboxylic acids is 1. The quantitative estimate of drug-likeness (QED) is 0.226. The van der Waals surface area contributed by atoms with E-state index in [4.69, 9.17) is 25.8 Å². The fraction of sp³-hybridized carbons (Fsp3) is 0.917. The third kappa shape index (κ3) is 9.80. The van der Waals surface area contributed by atoms with Gasteiger partial charge in [-0.05, 0) is 26.3 Å². The number of esters is 1. The van der Waals surface area contributed by atoms with Gasteiger partial charge in [0.2, 0.25) is 0 Å². The van der Waals surface area contributed by atoms with E-state index in [1.807, 2.05) is 6.92 Å². The maximum absolute atomic E-state index is 11.4. The molecule has 19 heavy (non-hydrogen) atoms. The minimum absolute atomic E-state index is 0.0682. The molecule has 0 rings (SSSR count). The normalized spacial score (nSPS) is 15.8. The van der Waals surface area contributed by atoms with Gasteiger partial charge in [0.05, 0.1) is 13.2 Å². The maximum atomic E-state index is 11.4. The van der Waals surface area contributed by atoms with Crippen molar-refractivity contribution in [2.75, 3.05) is 26.4 Å². The molecule has 0 spiro atoms. The van der Waals surface area contributed by atoms with Gasteiger partial charge in [-0.2, -0.15) is 0 Å². The molecule has 0 saturated carbocycles. The third-order valence-electron chi connectivity index (χ3n) is 2.64. The Morgan fingerprint density at radius 3 is 2.58 bits per heavy atom. The summed E-state index contributed by atoms with van der Waals surface area (Å²) in [5.41, 5.74) is 5.63. The summed E-state index contributed by atoms with van der Waals surface area (Å²) in [5, 5.41) is 29.5. The molecule has 0 bridgehead atoms. The number of carbonyl (C=O) groups is 1. The van der Waals surface area contributed by atoms with Crippen molar-refractivity contribution >= 4 is 5.97 Å². The van der Waals surface area contributed by atoms with Crippen LogP contribution in [0.25, 0.3) is 0 Å². The van der Waals surface area contributed by atoms with Crippen LogP contribution < -0.4 is 11.1 Å². The van der Waals surface area contributed by atoms with E-state index in [1.165, 1.54) is 0 Å². The van der Waals surface area contributed by atoms with Gasteiger partial charge >= 0.3 is 5.97 Å². The van der Waals surface area contributed by atoms with Gasteiger partial charge in [-0.1, -0.05) is 6.42 Å². The molecule has 0 aromatic rings. The van der Waals surface area contributed by atoms with Gasteiger partial charge in [0, 0.05) is 6.04 Å².